The normalized spacial score (nSPS) is 10.7. The molecule has 0 atom stereocenters. The smallest absolute Gasteiger partial charge is 0.159 e. The number of benzene rings is 1. The summed E-state index contributed by atoms with van der Waals surface area (Å²) in [4.78, 5) is 4.09. The molecule has 0 saturated heterocycles. The van der Waals surface area contributed by atoms with Crippen LogP contribution in [0.1, 0.15) is 5.56 Å². The second kappa shape index (κ2) is 7.15. The van der Waals surface area contributed by atoms with Crippen LogP contribution in [0, 0.1) is 0 Å². The van der Waals surface area contributed by atoms with Gasteiger partial charge >= 0.3 is 0 Å². The monoisotopic (exact) mass is 325 g/mol. The molecule has 2 rings (SSSR count). The van der Waals surface area contributed by atoms with Gasteiger partial charge in [0.05, 0.1) is 25.5 Å². The van der Waals surface area contributed by atoms with Crippen LogP contribution in [0.3, 0.4) is 0 Å². The number of pyridine rings is 1. The van der Waals surface area contributed by atoms with Crippen LogP contribution < -0.4 is 14.9 Å². The van der Waals surface area contributed by atoms with Gasteiger partial charge in [0, 0.05) is 11.8 Å². The molecule has 0 amide bonds. The summed E-state index contributed by atoms with van der Waals surface area (Å²) in [6, 6.07) is 7.13. The van der Waals surface area contributed by atoms with E-state index in [-0.39, 0.29) is 0 Å². The highest BCUT2D eigenvalue weighted by Crippen LogP contribution is 2.41. The number of methoxy groups -OCH3 is 2. The van der Waals surface area contributed by atoms with Crippen molar-refractivity contribution >= 4 is 35.2 Å². The molecule has 110 valence electrons. The SMILES string of the molecule is COc1c(Cl)cc(/C=N/Nc2ccccn2)c(OC)c1Cl. The summed E-state index contributed by atoms with van der Waals surface area (Å²) in [7, 11) is 3.00. The van der Waals surface area contributed by atoms with E-state index in [0.29, 0.717) is 32.9 Å². The molecule has 0 fully saturated rings. The molecule has 0 aliphatic heterocycles. The Morgan fingerprint density at radius 3 is 2.57 bits per heavy atom. The third-order valence-corrected chi connectivity index (χ3v) is 3.24. The lowest BCUT2D eigenvalue weighted by atomic mass is 10.2. The van der Waals surface area contributed by atoms with Crippen LogP contribution in [-0.4, -0.2) is 25.4 Å². The lowest BCUT2D eigenvalue weighted by Crippen LogP contribution is -1.98. The van der Waals surface area contributed by atoms with Crippen LogP contribution in [0.2, 0.25) is 10.0 Å². The van der Waals surface area contributed by atoms with E-state index in [4.69, 9.17) is 32.7 Å². The Kier molecular flexibility index (Phi) is 5.25. The zero-order valence-electron chi connectivity index (χ0n) is 11.4. The number of aromatic nitrogens is 1. The molecule has 2 aromatic rings. The molecule has 1 aromatic carbocycles. The number of hydrogen-bond donors (Lipinski definition) is 1. The molecule has 0 bridgehead atoms. The average molecular weight is 326 g/mol. The molecule has 1 aromatic heterocycles. The number of nitrogens with one attached hydrogen (secondary N) is 1. The molecule has 0 spiro atoms. The molecule has 5 nitrogen and oxygen atoms in total. The van der Waals surface area contributed by atoms with Gasteiger partial charge in [-0.1, -0.05) is 29.3 Å². The van der Waals surface area contributed by atoms with Crippen molar-refractivity contribution in [2.45, 2.75) is 0 Å². The Morgan fingerprint density at radius 1 is 1.19 bits per heavy atom. The summed E-state index contributed by atoms with van der Waals surface area (Å²) in [5, 5.41) is 4.76. The van der Waals surface area contributed by atoms with E-state index in [1.807, 2.05) is 12.1 Å². The first-order chi connectivity index (χ1) is 10.2. The maximum atomic E-state index is 6.19. The Morgan fingerprint density at radius 2 is 1.95 bits per heavy atom. The molecule has 1 heterocycles. The predicted molar refractivity (Wildman–Crippen MR) is 85.0 cm³/mol. The van der Waals surface area contributed by atoms with Crippen molar-refractivity contribution in [2.75, 3.05) is 19.6 Å². The van der Waals surface area contributed by atoms with Crippen molar-refractivity contribution in [1.29, 1.82) is 0 Å². The van der Waals surface area contributed by atoms with Crippen LogP contribution >= 0.6 is 23.2 Å². The molecule has 0 saturated carbocycles. The van der Waals surface area contributed by atoms with Crippen LogP contribution in [0.5, 0.6) is 11.5 Å². The van der Waals surface area contributed by atoms with Gasteiger partial charge < -0.3 is 9.47 Å². The fourth-order valence-corrected chi connectivity index (χ4v) is 2.39. The minimum absolute atomic E-state index is 0.298. The van der Waals surface area contributed by atoms with Crippen LogP contribution in [0.15, 0.2) is 35.6 Å². The molecule has 7 heteroatoms. The second-order valence-corrected chi connectivity index (χ2v) is 4.70. The Bertz CT molecular complexity index is 648. The molecule has 0 radical (unpaired) electrons. The van der Waals surface area contributed by atoms with Crippen molar-refractivity contribution in [1.82, 2.24) is 4.98 Å². The molecule has 0 aliphatic rings. The van der Waals surface area contributed by atoms with Gasteiger partial charge in [-0.3, -0.25) is 5.43 Å². The van der Waals surface area contributed by atoms with E-state index in [1.165, 1.54) is 14.2 Å². The fourth-order valence-electron chi connectivity index (χ4n) is 1.69. The summed E-state index contributed by atoms with van der Waals surface area (Å²) in [6.07, 6.45) is 3.21. The summed E-state index contributed by atoms with van der Waals surface area (Å²) in [5.74, 6) is 1.42. The van der Waals surface area contributed by atoms with Crippen LogP contribution in [-0.2, 0) is 0 Å². The van der Waals surface area contributed by atoms with E-state index in [2.05, 4.69) is 15.5 Å². The third kappa shape index (κ3) is 3.56. The minimum Gasteiger partial charge on any atom is -0.494 e. The second-order valence-electron chi connectivity index (χ2n) is 3.91. The largest absolute Gasteiger partial charge is 0.494 e. The Hall–Kier alpha value is -1.98. The number of rotatable bonds is 5. The molecule has 1 N–H and O–H groups in total. The standard InChI is InChI=1S/C14H13Cl2N3O2/c1-20-13-9(7-10(15)14(21-2)12(13)16)8-18-19-11-5-3-4-6-17-11/h3-8H,1-2H3,(H,17,19)/b18-8+. The van der Waals surface area contributed by atoms with Gasteiger partial charge in [-0.05, 0) is 18.2 Å². The van der Waals surface area contributed by atoms with Gasteiger partial charge in [0.1, 0.15) is 16.6 Å². The van der Waals surface area contributed by atoms with Gasteiger partial charge in [-0.25, -0.2) is 4.98 Å². The Labute approximate surface area is 132 Å². The van der Waals surface area contributed by atoms with Crippen molar-refractivity contribution in [3.05, 3.63) is 46.1 Å². The maximum Gasteiger partial charge on any atom is 0.159 e. The van der Waals surface area contributed by atoms with Crippen molar-refractivity contribution in [3.8, 4) is 11.5 Å². The van der Waals surface area contributed by atoms with E-state index >= 15 is 0 Å². The van der Waals surface area contributed by atoms with E-state index in [9.17, 15) is 0 Å². The van der Waals surface area contributed by atoms with Crippen molar-refractivity contribution in [2.24, 2.45) is 5.10 Å². The number of hydrazone groups is 1. The van der Waals surface area contributed by atoms with E-state index in [0.717, 1.165) is 0 Å². The average Bonchev–Trinajstić information content (AvgIpc) is 2.49. The first-order valence-electron chi connectivity index (χ1n) is 5.97. The highest BCUT2D eigenvalue weighted by molar-refractivity contribution is 6.38. The Balaban J connectivity index is 2.27. The topological polar surface area (TPSA) is 55.7 Å². The zero-order valence-corrected chi connectivity index (χ0v) is 12.9. The van der Waals surface area contributed by atoms with Gasteiger partial charge in [-0.15, -0.1) is 0 Å². The lowest BCUT2D eigenvalue weighted by Gasteiger charge is -2.12. The molecule has 0 aliphatic carbocycles. The molecular weight excluding hydrogens is 313 g/mol. The first kappa shape index (κ1) is 15.4. The number of halogens is 2. The molecule has 0 unspecified atom stereocenters. The maximum absolute atomic E-state index is 6.19. The lowest BCUT2D eigenvalue weighted by molar-refractivity contribution is 0.394. The zero-order chi connectivity index (χ0) is 15.2. The summed E-state index contributed by atoms with van der Waals surface area (Å²) in [5.41, 5.74) is 3.42. The minimum atomic E-state index is 0.298. The summed E-state index contributed by atoms with van der Waals surface area (Å²) < 4.78 is 10.4. The highest BCUT2D eigenvalue weighted by Gasteiger charge is 2.16. The third-order valence-electron chi connectivity index (χ3n) is 2.62. The number of hydrogen-bond acceptors (Lipinski definition) is 5. The van der Waals surface area contributed by atoms with Gasteiger partial charge in [0.15, 0.2) is 5.75 Å². The molecular formula is C14H13Cl2N3O2. The van der Waals surface area contributed by atoms with Gasteiger partial charge in [0.2, 0.25) is 0 Å². The van der Waals surface area contributed by atoms with Crippen molar-refractivity contribution < 1.29 is 9.47 Å². The summed E-state index contributed by atoms with van der Waals surface area (Å²) in [6.45, 7) is 0. The van der Waals surface area contributed by atoms with E-state index in [1.54, 1.807) is 24.5 Å². The predicted octanol–water partition coefficient (Wildman–Crippen LogP) is 3.85. The van der Waals surface area contributed by atoms with Crippen LogP contribution in [0.25, 0.3) is 0 Å². The highest BCUT2D eigenvalue weighted by atomic mass is 35.5. The van der Waals surface area contributed by atoms with Crippen LogP contribution in [0.4, 0.5) is 5.82 Å². The number of nitrogens with zero attached hydrogens (tertiary/aromatic N) is 2. The van der Waals surface area contributed by atoms with Crippen molar-refractivity contribution in [3.63, 3.8) is 0 Å². The number of ether oxygens (including phenoxy) is 2. The fraction of sp³-hybridized carbons (Fsp3) is 0.143. The number of anilines is 1. The molecule has 21 heavy (non-hydrogen) atoms. The van der Waals surface area contributed by atoms with E-state index < -0.39 is 0 Å². The first-order valence-corrected chi connectivity index (χ1v) is 6.73. The quantitative estimate of drug-likeness (QED) is 0.670. The summed E-state index contributed by atoms with van der Waals surface area (Å²) >= 11 is 12.3. The van der Waals surface area contributed by atoms with Gasteiger partial charge in [0.25, 0.3) is 0 Å². The van der Waals surface area contributed by atoms with Gasteiger partial charge in [-0.2, -0.15) is 5.10 Å².